The molecule has 10 heteroatoms. The normalized spacial score (nSPS) is 26.0. The maximum absolute atomic E-state index is 12.6. The largest absolute Gasteiger partial charge is 0.463 e. The van der Waals surface area contributed by atoms with Gasteiger partial charge >= 0.3 is 23.9 Å². The second-order valence-corrected chi connectivity index (χ2v) is 9.51. The molecule has 0 amide bonds. The minimum absolute atomic E-state index is 0.0222. The number of fused-ring (bicyclic) bond motifs is 1. The topological polar surface area (TPSA) is 135 Å². The van der Waals surface area contributed by atoms with Crippen LogP contribution in [0.25, 0.3) is 0 Å². The van der Waals surface area contributed by atoms with Gasteiger partial charge in [0, 0.05) is 32.3 Å². The van der Waals surface area contributed by atoms with E-state index < -0.39 is 54.4 Å². The Morgan fingerprint density at radius 2 is 1.66 bits per heavy atom. The van der Waals surface area contributed by atoms with Crippen molar-refractivity contribution < 1.29 is 48.0 Å². The van der Waals surface area contributed by atoms with Gasteiger partial charge in [0.25, 0.3) is 6.29 Å². The number of aliphatic hydroxyl groups is 1. The van der Waals surface area contributed by atoms with Gasteiger partial charge in [0.2, 0.25) is 0 Å². The third-order valence-electron chi connectivity index (χ3n) is 5.92. The molecule has 0 bridgehead atoms. The molecule has 1 aliphatic carbocycles. The van der Waals surface area contributed by atoms with Gasteiger partial charge in [-0.3, -0.25) is 19.2 Å². The summed E-state index contributed by atoms with van der Waals surface area (Å²) in [4.78, 5) is 48.0. The molecule has 10 nitrogen and oxygen atoms in total. The number of ether oxygens (including phenoxy) is 5. The molecule has 0 saturated carbocycles. The first-order valence-corrected chi connectivity index (χ1v) is 11.8. The van der Waals surface area contributed by atoms with Crippen LogP contribution in [0, 0.1) is 17.8 Å². The lowest BCUT2D eigenvalue weighted by molar-refractivity contribution is -0.217. The Morgan fingerprint density at radius 1 is 1.03 bits per heavy atom. The number of carbonyl (C=O) groups is 4. The summed E-state index contributed by atoms with van der Waals surface area (Å²) in [6.45, 7) is 9.25. The van der Waals surface area contributed by atoms with Crippen molar-refractivity contribution in [3.05, 3.63) is 23.5 Å². The van der Waals surface area contributed by atoms with Gasteiger partial charge in [0.1, 0.15) is 13.2 Å². The van der Waals surface area contributed by atoms with Crippen LogP contribution in [0.2, 0.25) is 0 Å². The molecule has 1 aliphatic heterocycles. The molecule has 0 spiro atoms. The van der Waals surface area contributed by atoms with Crippen LogP contribution in [-0.2, 0) is 42.9 Å². The Kier molecular flexibility index (Phi) is 9.88. The van der Waals surface area contributed by atoms with E-state index in [0.717, 1.165) is 6.42 Å². The lowest BCUT2D eigenvalue weighted by Crippen LogP contribution is -2.55. The van der Waals surface area contributed by atoms with Crippen molar-refractivity contribution in [3.63, 3.8) is 0 Å². The maximum Gasteiger partial charge on any atom is 0.309 e. The molecule has 196 valence electrons. The highest BCUT2D eigenvalue weighted by Crippen LogP contribution is 2.47. The average molecular weight is 497 g/mol. The molecule has 1 N–H and O–H groups in total. The van der Waals surface area contributed by atoms with Crippen LogP contribution in [0.5, 0.6) is 0 Å². The van der Waals surface area contributed by atoms with Crippen molar-refractivity contribution in [2.24, 2.45) is 17.8 Å². The Morgan fingerprint density at radius 3 is 2.23 bits per heavy atom. The molecule has 2 aliphatic rings. The molecule has 0 aromatic rings. The summed E-state index contributed by atoms with van der Waals surface area (Å²) in [6, 6.07) is 0. The van der Waals surface area contributed by atoms with Crippen molar-refractivity contribution in [1.82, 2.24) is 0 Å². The van der Waals surface area contributed by atoms with E-state index in [9.17, 15) is 24.3 Å². The highest BCUT2D eigenvalue weighted by molar-refractivity contribution is 5.71. The fraction of sp³-hybridized carbons (Fsp3) is 0.680. The van der Waals surface area contributed by atoms with Crippen molar-refractivity contribution in [2.75, 3.05) is 13.2 Å². The Bertz CT molecular complexity index is 873. The summed E-state index contributed by atoms with van der Waals surface area (Å²) in [5.74, 6) is -3.26. The smallest absolute Gasteiger partial charge is 0.309 e. The first kappa shape index (κ1) is 28.4. The summed E-state index contributed by atoms with van der Waals surface area (Å²) >= 11 is 0. The predicted molar refractivity (Wildman–Crippen MR) is 122 cm³/mol. The van der Waals surface area contributed by atoms with E-state index in [4.69, 9.17) is 23.7 Å². The summed E-state index contributed by atoms with van der Waals surface area (Å²) in [6.07, 6.45) is 1.28. The molecular weight excluding hydrogens is 460 g/mol. The second kappa shape index (κ2) is 12.2. The maximum atomic E-state index is 12.6. The summed E-state index contributed by atoms with van der Waals surface area (Å²) in [7, 11) is 0. The highest BCUT2D eigenvalue weighted by atomic mass is 16.7. The standard InChI is InChI=1S/C25H36O10/c1-7-15(4)9-22(29)34-20-10-19-18(11-31-16(5)26)12-32-24(35-21(28)8-14(2)3)23(19)25(20,30)13-33-17(6)27/h10,12,14-15,20,23-24,30H,7-9,11,13H2,1-6H3/t15?,20-,23+,24-,25+/m0/s1. The van der Waals surface area contributed by atoms with Gasteiger partial charge in [0.05, 0.1) is 12.2 Å². The fourth-order valence-corrected chi connectivity index (χ4v) is 3.89. The molecule has 0 radical (unpaired) electrons. The summed E-state index contributed by atoms with van der Waals surface area (Å²) in [5, 5.41) is 11.8. The van der Waals surface area contributed by atoms with Crippen LogP contribution in [0.3, 0.4) is 0 Å². The number of esters is 4. The van der Waals surface area contributed by atoms with Gasteiger partial charge in [-0.1, -0.05) is 34.1 Å². The van der Waals surface area contributed by atoms with E-state index in [-0.39, 0.29) is 31.3 Å². The average Bonchev–Trinajstić information content (AvgIpc) is 3.03. The third kappa shape index (κ3) is 7.55. The lowest BCUT2D eigenvalue weighted by Gasteiger charge is -2.40. The first-order valence-electron chi connectivity index (χ1n) is 11.8. The van der Waals surface area contributed by atoms with Crippen molar-refractivity contribution >= 4 is 23.9 Å². The van der Waals surface area contributed by atoms with E-state index in [0.29, 0.717) is 11.1 Å². The Hall–Kier alpha value is -2.88. The molecule has 0 aromatic heterocycles. The van der Waals surface area contributed by atoms with Gasteiger partial charge < -0.3 is 28.8 Å². The van der Waals surface area contributed by atoms with E-state index in [1.54, 1.807) is 0 Å². The number of carbonyl (C=O) groups excluding carboxylic acids is 4. The van der Waals surface area contributed by atoms with E-state index in [1.165, 1.54) is 26.2 Å². The van der Waals surface area contributed by atoms with Gasteiger partial charge in [-0.2, -0.15) is 0 Å². The van der Waals surface area contributed by atoms with Crippen LogP contribution in [0.1, 0.15) is 60.8 Å². The molecule has 0 saturated heterocycles. The highest BCUT2D eigenvalue weighted by Gasteiger charge is 2.59. The SMILES string of the molecule is CCC(C)CC(=O)O[C@H]1C=C2C(COC(C)=O)=CO[C@@H](OC(=O)CC(C)C)[C@@H]2[C@@]1(O)COC(C)=O. The van der Waals surface area contributed by atoms with E-state index in [1.807, 2.05) is 27.7 Å². The monoisotopic (exact) mass is 496 g/mol. The number of hydrogen-bond acceptors (Lipinski definition) is 10. The van der Waals surface area contributed by atoms with Gasteiger partial charge in [0.15, 0.2) is 11.7 Å². The Labute approximate surface area is 205 Å². The van der Waals surface area contributed by atoms with Crippen LogP contribution in [0.4, 0.5) is 0 Å². The zero-order valence-corrected chi connectivity index (χ0v) is 21.2. The molecular formula is C25H36O10. The molecule has 0 aromatic carbocycles. The fourth-order valence-electron chi connectivity index (χ4n) is 3.89. The minimum atomic E-state index is -2.00. The minimum Gasteiger partial charge on any atom is -0.463 e. The van der Waals surface area contributed by atoms with Crippen LogP contribution >= 0.6 is 0 Å². The zero-order chi connectivity index (χ0) is 26.3. The quantitative estimate of drug-likeness (QED) is 0.336. The predicted octanol–water partition coefficient (Wildman–Crippen LogP) is 2.58. The van der Waals surface area contributed by atoms with E-state index in [2.05, 4.69) is 0 Å². The zero-order valence-electron chi connectivity index (χ0n) is 21.2. The molecule has 1 heterocycles. The van der Waals surface area contributed by atoms with Crippen LogP contribution in [-0.4, -0.2) is 60.2 Å². The lowest BCUT2D eigenvalue weighted by atomic mass is 9.82. The Balaban J connectivity index is 2.44. The van der Waals surface area contributed by atoms with E-state index >= 15 is 0 Å². The summed E-state index contributed by atoms with van der Waals surface area (Å²) in [5.41, 5.74) is -1.19. The molecule has 2 rings (SSSR count). The van der Waals surface area contributed by atoms with Crippen molar-refractivity contribution in [1.29, 1.82) is 0 Å². The first-order chi connectivity index (χ1) is 16.4. The van der Waals surface area contributed by atoms with Crippen molar-refractivity contribution in [2.45, 2.75) is 78.8 Å². The number of rotatable bonds is 11. The van der Waals surface area contributed by atoms with Gasteiger partial charge in [-0.05, 0) is 23.5 Å². The third-order valence-corrected chi connectivity index (χ3v) is 5.92. The van der Waals surface area contributed by atoms with Gasteiger partial charge in [-0.15, -0.1) is 0 Å². The van der Waals surface area contributed by atoms with Gasteiger partial charge in [-0.25, -0.2) is 0 Å². The molecule has 5 atom stereocenters. The second-order valence-electron chi connectivity index (χ2n) is 9.51. The molecule has 1 unspecified atom stereocenters. The summed E-state index contributed by atoms with van der Waals surface area (Å²) < 4.78 is 27.0. The molecule has 35 heavy (non-hydrogen) atoms. The van der Waals surface area contributed by atoms with Crippen LogP contribution < -0.4 is 0 Å². The van der Waals surface area contributed by atoms with Crippen LogP contribution in [0.15, 0.2) is 23.5 Å². The molecule has 0 fully saturated rings. The van der Waals surface area contributed by atoms with Crippen molar-refractivity contribution in [3.8, 4) is 0 Å². The number of hydrogen-bond donors (Lipinski definition) is 1.